The predicted octanol–water partition coefficient (Wildman–Crippen LogP) is -0.624. The number of hydrogen-bond donors (Lipinski definition) is 2. The zero-order chi connectivity index (χ0) is 8.57. The third kappa shape index (κ3) is 68.1. The van der Waals surface area contributed by atoms with Crippen molar-refractivity contribution >= 4 is 59.8 Å². The average molecular weight is 404 g/mol. The fourth-order valence-corrected chi connectivity index (χ4v) is 0. The predicted molar refractivity (Wildman–Crippen MR) is 51.0 cm³/mol. The van der Waals surface area contributed by atoms with E-state index in [1.165, 1.54) is 0 Å². The molecule has 0 amide bonds. The first-order chi connectivity index (χ1) is 4.54. The molecule has 8 radical (unpaired) electrons. The standard InChI is InChI=1S/2C3H6O2.H2O.2Sn/c2*1-2-3(4)5;;;/h2*2H2,1H3,(H,4,5);1H2;;. The second-order valence-corrected chi connectivity index (χ2v) is 1.49. The van der Waals surface area contributed by atoms with Gasteiger partial charge in [0.05, 0.1) is 0 Å². The van der Waals surface area contributed by atoms with Crippen LogP contribution in [0.15, 0.2) is 0 Å². The number of rotatable bonds is 2. The van der Waals surface area contributed by atoms with E-state index in [0.717, 1.165) is 0 Å². The zero-order valence-electron chi connectivity index (χ0n) is 7.63. The van der Waals surface area contributed by atoms with Crippen LogP contribution in [0.2, 0.25) is 0 Å². The quantitative estimate of drug-likeness (QED) is 0.599. The molecule has 0 bridgehead atoms. The van der Waals surface area contributed by atoms with Gasteiger partial charge in [0.25, 0.3) is 0 Å². The smallest absolute Gasteiger partial charge is 0.303 e. The van der Waals surface area contributed by atoms with Crippen LogP contribution in [-0.2, 0) is 9.59 Å². The molecule has 0 aliphatic carbocycles. The van der Waals surface area contributed by atoms with Crippen molar-refractivity contribution in [1.82, 2.24) is 0 Å². The zero-order valence-corrected chi connectivity index (χ0v) is 13.3. The Kier molecular flexibility index (Phi) is 51.4. The van der Waals surface area contributed by atoms with Crippen LogP contribution in [0, 0.1) is 0 Å². The summed E-state index contributed by atoms with van der Waals surface area (Å²) in [4.78, 5) is 18.7. The monoisotopic (exact) mass is 406 g/mol. The number of aliphatic carboxylic acids is 2. The Morgan fingerprint density at radius 2 is 1.00 bits per heavy atom. The van der Waals surface area contributed by atoms with E-state index in [1.54, 1.807) is 13.8 Å². The van der Waals surface area contributed by atoms with Crippen molar-refractivity contribution in [3.8, 4) is 0 Å². The molecule has 0 aromatic heterocycles. The fourth-order valence-electron chi connectivity index (χ4n) is 0. The van der Waals surface area contributed by atoms with E-state index in [1.807, 2.05) is 0 Å². The molecular weight excluding hydrogens is 389 g/mol. The molecular formula is C6H14O5Sn2. The fraction of sp³-hybridized carbons (Fsp3) is 0.667. The topological polar surface area (TPSA) is 106 Å². The van der Waals surface area contributed by atoms with E-state index in [9.17, 15) is 9.59 Å². The van der Waals surface area contributed by atoms with Gasteiger partial charge in [-0.15, -0.1) is 0 Å². The van der Waals surface area contributed by atoms with Gasteiger partial charge in [-0.2, -0.15) is 0 Å². The summed E-state index contributed by atoms with van der Waals surface area (Å²) in [6, 6.07) is 0. The molecule has 0 heterocycles. The van der Waals surface area contributed by atoms with Crippen LogP contribution in [0.3, 0.4) is 0 Å². The maximum absolute atomic E-state index is 9.37. The largest absolute Gasteiger partial charge is 0.481 e. The summed E-state index contributed by atoms with van der Waals surface area (Å²) in [5, 5.41) is 15.4. The minimum absolute atomic E-state index is 0. The minimum atomic E-state index is -0.745. The second kappa shape index (κ2) is 22.9. The van der Waals surface area contributed by atoms with E-state index in [2.05, 4.69) is 0 Å². The second-order valence-electron chi connectivity index (χ2n) is 1.49. The molecule has 0 aromatic rings. The molecule has 0 saturated carbocycles. The van der Waals surface area contributed by atoms with Crippen LogP contribution in [0.25, 0.3) is 0 Å². The molecule has 0 spiro atoms. The average Bonchev–Trinajstić information content (AvgIpc) is 1.89. The van der Waals surface area contributed by atoms with Gasteiger partial charge >= 0.3 is 11.9 Å². The molecule has 0 aliphatic rings. The molecule has 0 aromatic carbocycles. The van der Waals surface area contributed by atoms with Crippen LogP contribution in [0.1, 0.15) is 26.7 Å². The Hall–Kier alpha value is 0.497. The van der Waals surface area contributed by atoms with Crippen molar-refractivity contribution < 1.29 is 25.3 Å². The van der Waals surface area contributed by atoms with Gasteiger partial charge in [0, 0.05) is 60.7 Å². The number of carboxylic acids is 2. The molecule has 0 atom stereocenters. The summed E-state index contributed by atoms with van der Waals surface area (Å²) in [6.45, 7) is 3.20. The van der Waals surface area contributed by atoms with Gasteiger partial charge in [-0.25, -0.2) is 0 Å². The van der Waals surface area contributed by atoms with Crippen LogP contribution in [-0.4, -0.2) is 75.4 Å². The maximum Gasteiger partial charge on any atom is 0.303 e. The molecule has 76 valence electrons. The number of carbonyl (C=O) groups is 2. The summed E-state index contributed by atoms with van der Waals surface area (Å²) in [5.74, 6) is -1.49. The summed E-state index contributed by atoms with van der Waals surface area (Å²) < 4.78 is 0. The summed E-state index contributed by atoms with van der Waals surface area (Å²) in [5.41, 5.74) is 0. The van der Waals surface area contributed by atoms with E-state index in [-0.39, 0.29) is 66.1 Å². The number of carboxylic acid groups (broad SMARTS) is 2. The van der Waals surface area contributed by atoms with Gasteiger partial charge in [-0.1, -0.05) is 13.8 Å². The Morgan fingerprint density at radius 3 is 1.00 bits per heavy atom. The van der Waals surface area contributed by atoms with E-state index in [4.69, 9.17) is 10.2 Å². The van der Waals surface area contributed by atoms with Crippen molar-refractivity contribution in [2.24, 2.45) is 0 Å². The first-order valence-electron chi connectivity index (χ1n) is 2.98. The summed E-state index contributed by atoms with van der Waals surface area (Å²) in [7, 11) is 0. The first kappa shape index (κ1) is 29.2. The van der Waals surface area contributed by atoms with E-state index < -0.39 is 11.9 Å². The van der Waals surface area contributed by atoms with Crippen molar-refractivity contribution in [2.45, 2.75) is 26.7 Å². The number of hydrogen-bond acceptors (Lipinski definition) is 2. The van der Waals surface area contributed by atoms with Crippen LogP contribution < -0.4 is 0 Å². The van der Waals surface area contributed by atoms with Gasteiger partial charge in [-0.3, -0.25) is 9.59 Å². The molecule has 0 aliphatic heterocycles. The summed E-state index contributed by atoms with van der Waals surface area (Å²) in [6.07, 6.45) is 0.444. The Morgan fingerprint density at radius 1 is 0.923 bits per heavy atom. The van der Waals surface area contributed by atoms with E-state index >= 15 is 0 Å². The van der Waals surface area contributed by atoms with E-state index in [0.29, 0.717) is 0 Å². The molecule has 5 nitrogen and oxygen atoms in total. The molecule has 0 fully saturated rings. The van der Waals surface area contributed by atoms with Gasteiger partial charge in [-0.05, 0) is 0 Å². The molecule has 7 heteroatoms. The Labute approximate surface area is 111 Å². The Balaban J connectivity index is -0.0000000267. The third-order valence-corrected chi connectivity index (χ3v) is 0.605. The van der Waals surface area contributed by atoms with Crippen molar-refractivity contribution in [3.05, 3.63) is 0 Å². The van der Waals surface area contributed by atoms with Crippen LogP contribution in [0.4, 0.5) is 0 Å². The van der Waals surface area contributed by atoms with Gasteiger partial charge in [0.1, 0.15) is 0 Å². The van der Waals surface area contributed by atoms with Crippen molar-refractivity contribution in [3.63, 3.8) is 0 Å². The minimum Gasteiger partial charge on any atom is -0.481 e. The molecule has 13 heavy (non-hydrogen) atoms. The van der Waals surface area contributed by atoms with Gasteiger partial charge < -0.3 is 15.7 Å². The van der Waals surface area contributed by atoms with Crippen LogP contribution >= 0.6 is 0 Å². The van der Waals surface area contributed by atoms with Gasteiger partial charge in [0.15, 0.2) is 0 Å². The molecule has 0 saturated heterocycles. The van der Waals surface area contributed by atoms with Crippen LogP contribution in [0.5, 0.6) is 0 Å². The Bertz CT molecular complexity index is 104. The normalized spacial score (nSPS) is 5.69. The first-order valence-corrected chi connectivity index (χ1v) is 2.98. The molecule has 0 unspecified atom stereocenters. The summed E-state index contributed by atoms with van der Waals surface area (Å²) >= 11 is 0. The third-order valence-electron chi connectivity index (χ3n) is 0.605. The van der Waals surface area contributed by atoms with Gasteiger partial charge in [0.2, 0.25) is 0 Å². The van der Waals surface area contributed by atoms with Crippen molar-refractivity contribution in [1.29, 1.82) is 0 Å². The molecule has 4 N–H and O–H groups in total. The maximum atomic E-state index is 9.37. The SMILES string of the molecule is CCC(=O)O.CCC(=O)O.O.[Sn].[Sn]. The molecule has 0 rings (SSSR count). The van der Waals surface area contributed by atoms with Crippen molar-refractivity contribution in [2.75, 3.05) is 0 Å².